The second-order valence-electron chi connectivity index (χ2n) is 16.1. The Kier molecular flexibility index (Phi) is 8.17. The van der Waals surface area contributed by atoms with E-state index in [4.69, 9.17) is 0 Å². The highest BCUT2D eigenvalue weighted by Crippen LogP contribution is 2.68. The Morgan fingerprint density at radius 2 is 0.912 bits per heavy atom. The quantitative estimate of drug-likeness (QED) is 0.167. The Balaban J connectivity index is 1.02. The molecule has 8 aromatic rings. The summed E-state index contributed by atoms with van der Waals surface area (Å²) in [5.74, 6) is 1.15. The first kappa shape index (κ1) is 33.7. The molecule has 3 aliphatic carbocycles. The first-order chi connectivity index (χ1) is 28.3. The fourth-order valence-corrected chi connectivity index (χ4v) is 11.0. The van der Waals surface area contributed by atoms with Crippen LogP contribution in [0.5, 0.6) is 0 Å². The van der Waals surface area contributed by atoms with Crippen LogP contribution in [0.4, 0.5) is 28.4 Å². The summed E-state index contributed by atoms with van der Waals surface area (Å²) in [6.07, 6.45) is 4.79. The topological polar surface area (TPSA) is 15.3 Å². The molecule has 1 saturated carbocycles. The van der Waals surface area contributed by atoms with Crippen LogP contribution in [-0.2, 0) is 18.3 Å². The van der Waals surface area contributed by atoms with Gasteiger partial charge in [0, 0.05) is 28.2 Å². The average Bonchev–Trinajstić information content (AvgIpc) is 3.91. The Morgan fingerprint density at radius 3 is 1.47 bits per heavy atom. The molecule has 0 aliphatic heterocycles. The number of anilines is 5. The Morgan fingerprint density at radius 1 is 0.421 bits per heavy atom. The molecule has 1 spiro atoms. The lowest BCUT2D eigenvalue weighted by Crippen LogP contribution is -2.34. The van der Waals surface area contributed by atoms with Gasteiger partial charge in [-0.15, -0.1) is 0 Å². The number of benzene rings is 8. The zero-order valence-electron chi connectivity index (χ0n) is 32.0. The van der Waals surface area contributed by atoms with Crippen LogP contribution >= 0.6 is 0 Å². The molecule has 1 fully saturated rings. The lowest BCUT2D eigenvalue weighted by Gasteiger charge is -2.38. The van der Waals surface area contributed by atoms with Gasteiger partial charge in [0.15, 0.2) is 0 Å². The summed E-state index contributed by atoms with van der Waals surface area (Å²) in [6.45, 7) is 0. The summed E-state index contributed by atoms with van der Waals surface area (Å²) in [5, 5.41) is 4.02. The van der Waals surface area contributed by atoms with Crippen molar-refractivity contribution in [3.8, 4) is 33.4 Å². The molecule has 3 aliphatic rings. The number of fused-ring (bicyclic) bond motifs is 2. The smallest absolute Gasteiger partial charge is 0.0505 e. The van der Waals surface area contributed by atoms with Gasteiger partial charge in [0.25, 0.3) is 0 Å². The number of hydrogen-bond donors (Lipinski definition) is 1. The van der Waals surface area contributed by atoms with Crippen molar-refractivity contribution in [3.05, 3.63) is 222 Å². The van der Waals surface area contributed by atoms with Gasteiger partial charge in [-0.25, -0.2) is 0 Å². The van der Waals surface area contributed by atoms with Crippen LogP contribution < -0.4 is 10.2 Å². The van der Waals surface area contributed by atoms with Crippen LogP contribution in [0.2, 0.25) is 0 Å². The average molecular weight is 733 g/mol. The number of nitrogens with zero attached hydrogens (tertiary/aromatic N) is 1. The Bertz CT molecular complexity index is 2600. The van der Waals surface area contributed by atoms with Gasteiger partial charge in [0.05, 0.1) is 5.69 Å². The van der Waals surface area contributed by atoms with Gasteiger partial charge < -0.3 is 10.2 Å². The van der Waals surface area contributed by atoms with Crippen molar-refractivity contribution in [3.63, 3.8) is 0 Å². The monoisotopic (exact) mass is 732 g/mol. The highest BCUT2D eigenvalue weighted by molar-refractivity contribution is 5.95. The molecule has 0 bridgehead atoms. The lowest BCUT2D eigenvalue weighted by atomic mass is 9.68. The van der Waals surface area contributed by atoms with E-state index in [2.05, 4.69) is 210 Å². The minimum atomic E-state index is -0.0498. The summed E-state index contributed by atoms with van der Waals surface area (Å²) in [6, 6.07) is 73.4. The minimum absolute atomic E-state index is 0.0498. The fraction of sp³-hybridized carbons (Fsp3) is 0.127. The summed E-state index contributed by atoms with van der Waals surface area (Å²) in [5.41, 5.74) is 19.5. The van der Waals surface area contributed by atoms with Crippen LogP contribution in [0.1, 0.15) is 35.1 Å². The molecule has 0 amide bonds. The highest BCUT2D eigenvalue weighted by Gasteiger charge is 2.61. The van der Waals surface area contributed by atoms with E-state index in [9.17, 15) is 0 Å². The van der Waals surface area contributed by atoms with E-state index < -0.39 is 0 Å². The van der Waals surface area contributed by atoms with Gasteiger partial charge in [0.1, 0.15) is 0 Å². The van der Waals surface area contributed by atoms with Crippen LogP contribution in [0.3, 0.4) is 0 Å². The van der Waals surface area contributed by atoms with Gasteiger partial charge in [-0.1, -0.05) is 152 Å². The first-order valence-corrected chi connectivity index (χ1v) is 20.5. The van der Waals surface area contributed by atoms with Gasteiger partial charge in [-0.3, -0.25) is 0 Å². The van der Waals surface area contributed by atoms with Gasteiger partial charge in [-0.2, -0.15) is 0 Å². The van der Waals surface area contributed by atoms with Crippen molar-refractivity contribution < 1.29 is 0 Å². The van der Waals surface area contributed by atoms with E-state index >= 15 is 0 Å². The molecular formula is C55H44N2. The predicted molar refractivity (Wildman–Crippen MR) is 238 cm³/mol. The molecule has 3 atom stereocenters. The molecule has 3 unspecified atom stereocenters. The van der Waals surface area contributed by atoms with Crippen molar-refractivity contribution in [1.29, 1.82) is 0 Å². The molecule has 11 rings (SSSR count). The molecule has 8 aromatic carbocycles. The number of rotatable bonds is 8. The summed E-state index contributed by atoms with van der Waals surface area (Å²) in [7, 11) is 0. The number of hydrogen-bond acceptors (Lipinski definition) is 2. The maximum absolute atomic E-state index is 4.02. The molecule has 57 heavy (non-hydrogen) atoms. The van der Waals surface area contributed by atoms with Crippen LogP contribution in [0.15, 0.2) is 200 Å². The van der Waals surface area contributed by atoms with Crippen molar-refractivity contribution in [2.45, 2.75) is 31.1 Å². The molecule has 1 N–H and O–H groups in total. The largest absolute Gasteiger partial charge is 0.355 e. The highest BCUT2D eigenvalue weighted by atomic mass is 15.1. The normalized spacial score (nSPS) is 18.7. The van der Waals surface area contributed by atoms with Crippen LogP contribution in [0, 0.1) is 11.8 Å². The lowest BCUT2D eigenvalue weighted by molar-refractivity contribution is 0.350. The maximum Gasteiger partial charge on any atom is 0.0505 e. The van der Waals surface area contributed by atoms with Gasteiger partial charge in [-0.05, 0) is 142 Å². The number of nitrogens with one attached hydrogen (secondary N) is 1. The number of para-hydroxylation sites is 2. The van der Waals surface area contributed by atoms with Crippen molar-refractivity contribution in [2.75, 3.05) is 10.2 Å². The third-order valence-corrected chi connectivity index (χ3v) is 13.1. The van der Waals surface area contributed by atoms with E-state index in [1.54, 1.807) is 5.56 Å². The molecule has 0 radical (unpaired) electrons. The molecule has 2 heteroatoms. The van der Waals surface area contributed by atoms with Crippen LogP contribution in [0.25, 0.3) is 33.4 Å². The molecule has 0 saturated heterocycles. The maximum atomic E-state index is 4.02. The zero-order chi connectivity index (χ0) is 37.8. The van der Waals surface area contributed by atoms with E-state index in [1.807, 2.05) is 0 Å². The van der Waals surface area contributed by atoms with Gasteiger partial charge in [0.2, 0.25) is 0 Å². The molecular weight excluding hydrogens is 689 g/mol. The third kappa shape index (κ3) is 5.46. The standard InChI is InChI=1S/C55H44N2/c1-5-16-38(17-6-1)48-26-15-27-49(39-18-7-2-8-19-39)52(48)40-30-34-45(35-31-40)56-50-28-13-20-41-36-43-32-33-44-37-42-21-14-29-51(54(42)55(43,44)53(41)50)57(46-22-9-3-10-23-46)47-24-11-4-12-25-47/h1-31,34-35,43-44,56H,32-33,36-37H2. The van der Waals surface area contributed by atoms with Crippen molar-refractivity contribution >= 4 is 28.4 Å². The van der Waals surface area contributed by atoms with Gasteiger partial charge >= 0.3 is 0 Å². The predicted octanol–water partition coefficient (Wildman–Crippen LogP) is 14.3. The van der Waals surface area contributed by atoms with Crippen LogP contribution in [-0.4, -0.2) is 0 Å². The van der Waals surface area contributed by atoms with E-state index in [0.29, 0.717) is 11.8 Å². The van der Waals surface area contributed by atoms with Crippen molar-refractivity contribution in [1.82, 2.24) is 0 Å². The third-order valence-electron chi connectivity index (χ3n) is 13.1. The molecule has 0 heterocycles. The Labute approximate surface area is 336 Å². The van der Waals surface area contributed by atoms with E-state index in [0.717, 1.165) is 18.5 Å². The first-order valence-electron chi connectivity index (χ1n) is 20.5. The summed E-state index contributed by atoms with van der Waals surface area (Å²) in [4.78, 5) is 2.51. The van der Waals surface area contributed by atoms with E-state index in [1.165, 1.54) is 85.7 Å². The molecule has 274 valence electrons. The van der Waals surface area contributed by atoms with Crippen molar-refractivity contribution in [2.24, 2.45) is 11.8 Å². The second-order valence-corrected chi connectivity index (χ2v) is 16.1. The molecule has 0 aromatic heterocycles. The summed E-state index contributed by atoms with van der Waals surface area (Å²) < 4.78 is 0. The SMILES string of the molecule is c1ccc(-c2cccc(-c3ccccc3)c2-c2ccc(Nc3cccc4c3C35c6c(cccc6N(c6ccccc6)c6ccccc6)CC3CCC5C4)cc2)cc1. The molecule has 2 nitrogen and oxygen atoms in total. The van der Waals surface area contributed by atoms with E-state index in [-0.39, 0.29) is 5.41 Å². The fourth-order valence-electron chi connectivity index (χ4n) is 11.0. The summed E-state index contributed by atoms with van der Waals surface area (Å²) >= 11 is 0. The zero-order valence-corrected chi connectivity index (χ0v) is 32.0. The second kappa shape index (κ2) is 13.8. The Hall–Kier alpha value is -6.64. The minimum Gasteiger partial charge on any atom is -0.355 e.